The summed E-state index contributed by atoms with van der Waals surface area (Å²) < 4.78 is 6.04. The fraction of sp³-hybridized carbons (Fsp3) is 0.200. The van der Waals surface area contributed by atoms with Crippen molar-refractivity contribution < 1.29 is 4.74 Å². The summed E-state index contributed by atoms with van der Waals surface area (Å²) in [7, 11) is 0. The zero-order valence-electron chi connectivity index (χ0n) is 9.58. The van der Waals surface area contributed by atoms with E-state index in [-0.39, 0.29) is 0 Å². The van der Waals surface area contributed by atoms with E-state index in [1.165, 1.54) is 22.3 Å². The molecule has 0 atom stereocenters. The van der Waals surface area contributed by atoms with Gasteiger partial charge in [0, 0.05) is 6.42 Å². The van der Waals surface area contributed by atoms with E-state index in [0.717, 1.165) is 17.9 Å². The SMILES string of the molecule is Cc1cccc2c1Oc1c(C)cccc1C2. The predicted molar refractivity (Wildman–Crippen MR) is 65.2 cm³/mol. The molecule has 1 aliphatic heterocycles. The van der Waals surface area contributed by atoms with Crippen LogP contribution in [0.25, 0.3) is 0 Å². The van der Waals surface area contributed by atoms with Gasteiger partial charge in [0.2, 0.25) is 0 Å². The van der Waals surface area contributed by atoms with Gasteiger partial charge in [-0.25, -0.2) is 0 Å². The van der Waals surface area contributed by atoms with Crippen molar-refractivity contribution in [3.8, 4) is 11.5 Å². The molecule has 2 aromatic carbocycles. The van der Waals surface area contributed by atoms with E-state index in [9.17, 15) is 0 Å². The van der Waals surface area contributed by atoms with Crippen LogP contribution in [-0.2, 0) is 6.42 Å². The molecule has 0 spiro atoms. The summed E-state index contributed by atoms with van der Waals surface area (Å²) in [5.74, 6) is 2.09. The minimum Gasteiger partial charge on any atom is -0.456 e. The maximum Gasteiger partial charge on any atom is 0.133 e. The van der Waals surface area contributed by atoms with Crippen LogP contribution in [-0.4, -0.2) is 0 Å². The van der Waals surface area contributed by atoms with Crippen LogP contribution in [0.2, 0.25) is 0 Å². The largest absolute Gasteiger partial charge is 0.456 e. The van der Waals surface area contributed by atoms with Gasteiger partial charge in [0.25, 0.3) is 0 Å². The summed E-state index contributed by atoms with van der Waals surface area (Å²) in [5.41, 5.74) is 5.01. The molecule has 0 N–H and O–H groups in total. The van der Waals surface area contributed by atoms with E-state index >= 15 is 0 Å². The Kier molecular flexibility index (Phi) is 2.00. The van der Waals surface area contributed by atoms with Gasteiger partial charge in [0.05, 0.1) is 0 Å². The van der Waals surface area contributed by atoms with Crippen LogP contribution in [0.15, 0.2) is 36.4 Å². The summed E-state index contributed by atoms with van der Waals surface area (Å²) in [6.45, 7) is 4.20. The molecule has 1 aliphatic rings. The second kappa shape index (κ2) is 3.38. The summed E-state index contributed by atoms with van der Waals surface area (Å²) in [4.78, 5) is 0. The Balaban J connectivity index is 2.17. The molecule has 2 aromatic rings. The lowest BCUT2D eigenvalue weighted by molar-refractivity contribution is 0.453. The lowest BCUT2D eigenvalue weighted by Crippen LogP contribution is -2.05. The van der Waals surface area contributed by atoms with Crippen molar-refractivity contribution in [2.45, 2.75) is 20.3 Å². The van der Waals surface area contributed by atoms with E-state index in [1.54, 1.807) is 0 Å². The van der Waals surface area contributed by atoms with Gasteiger partial charge in [-0.15, -0.1) is 0 Å². The van der Waals surface area contributed by atoms with Crippen LogP contribution in [0.4, 0.5) is 0 Å². The lowest BCUT2D eigenvalue weighted by Gasteiger charge is -2.23. The highest BCUT2D eigenvalue weighted by atomic mass is 16.5. The number of hydrogen-bond donors (Lipinski definition) is 0. The van der Waals surface area contributed by atoms with Gasteiger partial charge in [-0.1, -0.05) is 36.4 Å². The number of hydrogen-bond acceptors (Lipinski definition) is 1. The van der Waals surface area contributed by atoms with E-state index in [0.29, 0.717) is 0 Å². The average Bonchev–Trinajstić information content (AvgIpc) is 2.28. The zero-order valence-corrected chi connectivity index (χ0v) is 9.58. The number of rotatable bonds is 0. The summed E-state index contributed by atoms with van der Waals surface area (Å²) >= 11 is 0. The van der Waals surface area contributed by atoms with E-state index in [2.05, 4.69) is 50.2 Å². The highest BCUT2D eigenvalue weighted by Crippen LogP contribution is 2.39. The first-order valence-corrected chi connectivity index (χ1v) is 5.60. The molecule has 80 valence electrons. The van der Waals surface area contributed by atoms with Crippen LogP contribution in [0.5, 0.6) is 11.5 Å². The van der Waals surface area contributed by atoms with Gasteiger partial charge in [-0.05, 0) is 36.1 Å². The Bertz CT molecular complexity index is 506. The predicted octanol–water partition coefficient (Wildman–Crippen LogP) is 4.00. The second-order valence-electron chi connectivity index (χ2n) is 4.41. The highest BCUT2D eigenvalue weighted by molar-refractivity contribution is 5.55. The molecular formula is C15H14O. The number of aryl methyl sites for hydroxylation is 2. The summed E-state index contributed by atoms with van der Waals surface area (Å²) in [6.07, 6.45) is 0.980. The molecule has 0 amide bonds. The molecule has 16 heavy (non-hydrogen) atoms. The van der Waals surface area contributed by atoms with Gasteiger partial charge in [0.15, 0.2) is 0 Å². The third kappa shape index (κ3) is 1.32. The molecule has 0 radical (unpaired) electrons. The van der Waals surface area contributed by atoms with Crippen LogP contribution >= 0.6 is 0 Å². The third-order valence-electron chi connectivity index (χ3n) is 3.17. The number of para-hydroxylation sites is 2. The monoisotopic (exact) mass is 210 g/mol. The molecular weight excluding hydrogens is 196 g/mol. The fourth-order valence-corrected chi connectivity index (χ4v) is 2.30. The molecule has 3 rings (SSSR count). The first kappa shape index (κ1) is 9.46. The van der Waals surface area contributed by atoms with E-state index in [1.807, 2.05) is 0 Å². The van der Waals surface area contributed by atoms with E-state index in [4.69, 9.17) is 4.74 Å². The molecule has 1 heteroatoms. The van der Waals surface area contributed by atoms with E-state index < -0.39 is 0 Å². The Morgan fingerprint density at radius 2 is 1.31 bits per heavy atom. The maximum absolute atomic E-state index is 6.04. The van der Waals surface area contributed by atoms with Gasteiger partial charge in [-0.3, -0.25) is 0 Å². The lowest BCUT2D eigenvalue weighted by atomic mass is 9.97. The Morgan fingerprint density at radius 1 is 0.812 bits per heavy atom. The minimum absolute atomic E-state index is 0.980. The summed E-state index contributed by atoms with van der Waals surface area (Å²) in [6, 6.07) is 12.7. The first-order chi connectivity index (χ1) is 7.75. The molecule has 0 bridgehead atoms. The first-order valence-electron chi connectivity index (χ1n) is 5.60. The Hall–Kier alpha value is -1.76. The van der Waals surface area contributed by atoms with Gasteiger partial charge >= 0.3 is 0 Å². The third-order valence-corrected chi connectivity index (χ3v) is 3.17. The molecule has 0 aromatic heterocycles. The van der Waals surface area contributed by atoms with Crippen LogP contribution in [0, 0.1) is 13.8 Å². The molecule has 1 nitrogen and oxygen atoms in total. The Morgan fingerprint density at radius 3 is 1.81 bits per heavy atom. The molecule has 1 heterocycles. The van der Waals surface area contributed by atoms with Crippen LogP contribution < -0.4 is 4.74 Å². The fourth-order valence-electron chi connectivity index (χ4n) is 2.30. The maximum atomic E-state index is 6.04. The number of ether oxygens (including phenoxy) is 1. The van der Waals surface area contributed by atoms with Gasteiger partial charge < -0.3 is 4.74 Å². The molecule has 0 unspecified atom stereocenters. The highest BCUT2D eigenvalue weighted by Gasteiger charge is 2.19. The van der Waals surface area contributed by atoms with Crippen molar-refractivity contribution in [1.82, 2.24) is 0 Å². The molecule has 0 saturated carbocycles. The normalized spacial score (nSPS) is 12.6. The van der Waals surface area contributed by atoms with Crippen molar-refractivity contribution >= 4 is 0 Å². The summed E-state index contributed by atoms with van der Waals surface area (Å²) in [5, 5.41) is 0. The molecule has 0 aliphatic carbocycles. The van der Waals surface area contributed by atoms with Crippen molar-refractivity contribution in [3.63, 3.8) is 0 Å². The smallest absolute Gasteiger partial charge is 0.133 e. The van der Waals surface area contributed by atoms with Crippen LogP contribution in [0.3, 0.4) is 0 Å². The Labute approximate surface area is 95.7 Å². The standard InChI is InChI=1S/C15H14O/c1-10-5-3-7-12-9-13-8-4-6-11(2)15(13)16-14(10)12/h3-8H,9H2,1-2H3. The number of benzene rings is 2. The number of fused-ring (bicyclic) bond motifs is 2. The quantitative estimate of drug-likeness (QED) is 0.545. The van der Waals surface area contributed by atoms with Crippen LogP contribution in [0.1, 0.15) is 22.3 Å². The van der Waals surface area contributed by atoms with Gasteiger partial charge in [0.1, 0.15) is 11.5 Å². The van der Waals surface area contributed by atoms with Crippen molar-refractivity contribution in [3.05, 3.63) is 58.7 Å². The van der Waals surface area contributed by atoms with Crippen molar-refractivity contribution in [2.75, 3.05) is 0 Å². The second-order valence-corrected chi connectivity index (χ2v) is 4.41. The minimum atomic E-state index is 0.980. The zero-order chi connectivity index (χ0) is 11.1. The molecule has 0 saturated heterocycles. The molecule has 0 fully saturated rings. The van der Waals surface area contributed by atoms with Gasteiger partial charge in [-0.2, -0.15) is 0 Å². The van der Waals surface area contributed by atoms with Crippen molar-refractivity contribution in [1.29, 1.82) is 0 Å². The van der Waals surface area contributed by atoms with Crippen molar-refractivity contribution in [2.24, 2.45) is 0 Å². The topological polar surface area (TPSA) is 9.23 Å². The average molecular weight is 210 g/mol.